The van der Waals surface area contributed by atoms with Crippen LogP contribution in [0.5, 0.6) is 11.5 Å². The predicted molar refractivity (Wildman–Crippen MR) is 90.3 cm³/mol. The van der Waals surface area contributed by atoms with Crippen molar-refractivity contribution in [3.8, 4) is 11.5 Å². The molecule has 136 valence electrons. The number of azo groups is 1. The zero-order chi connectivity index (χ0) is 19.0. The van der Waals surface area contributed by atoms with Crippen molar-refractivity contribution in [2.45, 2.75) is 20.8 Å². The second-order valence-corrected chi connectivity index (χ2v) is 4.76. The largest absolute Gasteiger partial charge is 0.510 e. The standard InChI is InChI=1S/C16H21N3O6/c1-6-25-16(22)15(9(2)20)19-18-12-8-13(23-4)11(17-10(3)21)7-14(12)24-5/h7-8,20H,6H2,1-5H3,(H,17,21). The molecule has 0 heterocycles. The molecule has 9 nitrogen and oxygen atoms in total. The van der Waals surface area contributed by atoms with E-state index in [0.717, 1.165) is 0 Å². The molecule has 1 rings (SSSR count). The Morgan fingerprint density at radius 2 is 1.80 bits per heavy atom. The molecule has 0 bridgehead atoms. The fourth-order valence-electron chi connectivity index (χ4n) is 1.81. The molecule has 0 aromatic heterocycles. The number of hydrogen-bond donors (Lipinski definition) is 2. The van der Waals surface area contributed by atoms with E-state index in [-0.39, 0.29) is 35.4 Å². The molecule has 0 fully saturated rings. The van der Waals surface area contributed by atoms with Gasteiger partial charge in [0.15, 0.2) is 0 Å². The van der Waals surface area contributed by atoms with E-state index in [9.17, 15) is 14.7 Å². The Kier molecular flexibility index (Phi) is 7.39. The predicted octanol–water partition coefficient (Wildman–Crippen LogP) is 3.10. The number of methoxy groups -OCH3 is 2. The summed E-state index contributed by atoms with van der Waals surface area (Å²) in [5.41, 5.74) is 0.301. The number of benzene rings is 1. The lowest BCUT2D eigenvalue weighted by Crippen LogP contribution is -2.08. The molecule has 2 N–H and O–H groups in total. The Bertz CT molecular complexity index is 708. The molecule has 1 amide bonds. The van der Waals surface area contributed by atoms with E-state index in [2.05, 4.69) is 15.5 Å². The third-order valence-electron chi connectivity index (χ3n) is 2.88. The van der Waals surface area contributed by atoms with Gasteiger partial charge >= 0.3 is 5.97 Å². The van der Waals surface area contributed by atoms with E-state index in [1.807, 2.05) is 0 Å². The van der Waals surface area contributed by atoms with Gasteiger partial charge in [0.2, 0.25) is 11.6 Å². The van der Waals surface area contributed by atoms with E-state index < -0.39 is 5.97 Å². The summed E-state index contributed by atoms with van der Waals surface area (Å²) >= 11 is 0. The van der Waals surface area contributed by atoms with Crippen LogP contribution in [0.3, 0.4) is 0 Å². The molecule has 0 aliphatic rings. The number of hydrogen-bond acceptors (Lipinski definition) is 8. The number of amides is 1. The molecular formula is C16H21N3O6. The Morgan fingerprint density at radius 1 is 1.16 bits per heavy atom. The van der Waals surface area contributed by atoms with E-state index in [0.29, 0.717) is 11.4 Å². The molecule has 1 aromatic carbocycles. The van der Waals surface area contributed by atoms with Crippen molar-refractivity contribution in [1.82, 2.24) is 0 Å². The van der Waals surface area contributed by atoms with Gasteiger partial charge in [-0.25, -0.2) is 4.79 Å². The first kappa shape index (κ1) is 19.9. The summed E-state index contributed by atoms with van der Waals surface area (Å²) in [6.45, 7) is 4.42. The van der Waals surface area contributed by atoms with Crippen molar-refractivity contribution in [2.75, 3.05) is 26.1 Å². The van der Waals surface area contributed by atoms with Crippen molar-refractivity contribution in [2.24, 2.45) is 10.2 Å². The van der Waals surface area contributed by atoms with Crippen LogP contribution >= 0.6 is 0 Å². The highest BCUT2D eigenvalue weighted by Crippen LogP contribution is 2.38. The van der Waals surface area contributed by atoms with Crippen LogP contribution in [0.25, 0.3) is 0 Å². The van der Waals surface area contributed by atoms with Crippen LogP contribution in [-0.2, 0) is 14.3 Å². The topological polar surface area (TPSA) is 119 Å². The minimum atomic E-state index is -0.799. The highest BCUT2D eigenvalue weighted by Gasteiger charge is 2.16. The van der Waals surface area contributed by atoms with Crippen LogP contribution < -0.4 is 14.8 Å². The monoisotopic (exact) mass is 351 g/mol. The SMILES string of the molecule is CCOC(=O)C(N=Nc1cc(OC)c(NC(C)=O)cc1OC)=C(C)O. The first-order chi connectivity index (χ1) is 11.8. The maximum absolute atomic E-state index is 11.8. The molecule has 0 aliphatic heterocycles. The van der Waals surface area contributed by atoms with Crippen LogP contribution in [0.1, 0.15) is 20.8 Å². The normalized spacial score (nSPS) is 11.7. The van der Waals surface area contributed by atoms with Crippen molar-refractivity contribution in [3.05, 3.63) is 23.6 Å². The zero-order valence-electron chi connectivity index (χ0n) is 14.7. The smallest absolute Gasteiger partial charge is 0.362 e. The molecule has 1 aromatic rings. The van der Waals surface area contributed by atoms with E-state index >= 15 is 0 Å². The Hall–Kier alpha value is -3.10. The summed E-state index contributed by atoms with van der Waals surface area (Å²) in [5.74, 6) is -0.798. The Labute approximate surface area is 145 Å². The third kappa shape index (κ3) is 5.48. The van der Waals surface area contributed by atoms with Gasteiger partial charge in [-0.1, -0.05) is 0 Å². The van der Waals surface area contributed by atoms with Crippen molar-refractivity contribution < 1.29 is 28.9 Å². The number of rotatable bonds is 7. The number of carbonyl (C=O) groups excluding carboxylic acids is 2. The highest BCUT2D eigenvalue weighted by molar-refractivity contribution is 5.91. The van der Waals surface area contributed by atoms with Gasteiger partial charge in [-0.2, -0.15) is 0 Å². The van der Waals surface area contributed by atoms with Gasteiger partial charge in [-0.3, -0.25) is 4.79 Å². The molecule has 25 heavy (non-hydrogen) atoms. The fourth-order valence-corrected chi connectivity index (χ4v) is 1.81. The van der Waals surface area contributed by atoms with Gasteiger partial charge in [-0.05, 0) is 13.8 Å². The molecule has 0 atom stereocenters. The van der Waals surface area contributed by atoms with Crippen LogP contribution in [0, 0.1) is 0 Å². The van der Waals surface area contributed by atoms with Gasteiger partial charge < -0.3 is 24.6 Å². The lowest BCUT2D eigenvalue weighted by atomic mass is 10.2. The van der Waals surface area contributed by atoms with E-state index in [1.54, 1.807) is 6.92 Å². The maximum Gasteiger partial charge on any atom is 0.362 e. The second kappa shape index (κ2) is 9.26. The number of aliphatic hydroxyl groups is 1. The fraction of sp³-hybridized carbons (Fsp3) is 0.375. The maximum atomic E-state index is 11.8. The summed E-state index contributed by atoms with van der Waals surface area (Å²) in [6, 6.07) is 2.98. The average Bonchev–Trinajstić information content (AvgIpc) is 2.54. The van der Waals surface area contributed by atoms with E-state index in [1.165, 1.54) is 40.2 Å². The molecule has 0 aliphatic carbocycles. The number of carbonyl (C=O) groups is 2. The summed E-state index contributed by atoms with van der Waals surface area (Å²) in [6.07, 6.45) is 0. The minimum Gasteiger partial charge on any atom is -0.510 e. The second-order valence-electron chi connectivity index (χ2n) is 4.76. The molecule has 0 saturated carbocycles. The summed E-state index contributed by atoms with van der Waals surface area (Å²) in [5, 5.41) is 19.8. The molecule has 0 spiro atoms. The van der Waals surface area contributed by atoms with E-state index in [4.69, 9.17) is 14.2 Å². The average molecular weight is 351 g/mol. The Balaban J connectivity index is 3.29. The molecule has 9 heteroatoms. The van der Waals surface area contributed by atoms with Crippen LogP contribution in [-0.4, -0.2) is 37.8 Å². The number of allylic oxidation sites excluding steroid dienone is 1. The minimum absolute atomic E-state index is 0.133. The quantitative estimate of drug-likeness (QED) is 0.337. The number of ether oxygens (including phenoxy) is 3. The first-order valence-corrected chi connectivity index (χ1v) is 7.36. The van der Waals surface area contributed by atoms with Crippen LogP contribution in [0.15, 0.2) is 33.8 Å². The van der Waals surface area contributed by atoms with Crippen LogP contribution in [0.4, 0.5) is 11.4 Å². The molecular weight excluding hydrogens is 330 g/mol. The van der Waals surface area contributed by atoms with Crippen molar-refractivity contribution in [3.63, 3.8) is 0 Å². The number of esters is 1. The zero-order valence-corrected chi connectivity index (χ0v) is 14.7. The molecule has 0 saturated heterocycles. The number of aliphatic hydroxyl groups excluding tert-OH is 1. The molecule has 0 unspecified atom stereocenters. The number of anilines is 1. The van der Waals surface area contributed by atoms with Gasteiger partial charge in [0.25, 0.3) is 0 Å². The van der Waals surface area contributed by atoms with Gasteiger partial charge in [0.1, 0.15) is 22.9 Å². The van der Waals surface area contributed by atoms with Gasteiger partial charge in [0, 0.05) is 19.1 Å². The van der Waals surface area contributed by atoms with Crippen LogP contribution in [0.2, 0.25) is 0 Å². The van der Waals surface area contributed by atoms with Crippen molar-refractivity contribution in [1.29, 1.82) is 0 Å². The lowest BCUT2D eigenvalue weighted by Gasteiger charge is -2.12. The van der Waals surface area contributed by atoms with Gasteiger partial charge in [-0.15, -0.1) is 10.2 Å². The number of nitrogens with zero attached hydrogens (tertiary/aromatic N) is 2. The summed E-state index contributed by atoms with van der Waals surface area (Å²) in [4.78, 5) is 23.0. The third-order valence-corrected chi connectivity index (χ3v) is 2.88. The van der Waals surface area contributed by atoms with Crippen molar-refractivity contribution >= 4 is 23.3 Å². The van der Waals surface area contributed by atoms with Gasteiger partial charge in [0.05, 0.1) is 26.5 Å². The number of nitrogens with one attached hydrogen (secondary N) is 1. The first-order valence-electron chi connectivity index (χ1n) is 7.36. The summed E-state index contributed by atoms with van der Waals surface area (Å²) in [7, 11) is 2.84. The summed E-state index contributed by atoms with van der Waals surface area (Å²) < 4.78 is 15.2. The Morgan fingerprint density at radius 3 is 2.28 bits per heavy atom. The molecule has 0 radical (unpaired) electrons. The lowest BCUT2D eigenvalue weighted by molar-refractivity contribution is -0.138. The highest BCUT2D eigenvalue weighted by atomic mass is 16.5.